The van der Waals surface area contributed by atoms with E-state index in [4.69, 9.17) is 0 Å². The van der Waals surface area contributed by atoms with Crippen molar-refractivity contribution in [2.24, 2.45) is 0 Å². The fourth-order valence-corrected chi connectivity index (χ4v) is 2.87. The molecule has 1 heterocycles. The summed E-state index contributed by atoms with van der Waals surface area (Å²) >= 11 is 0. The number of rotatable bonds is 5. The first-order chi connectivity index (χ1) is 9.99. The topological polar surface area (TPSA) is 29.9 Å². The average molecular weight is 285 g/mol. The number of benzene rings is 1. The summed E-state index contributed by atoms with van der Waals surface area (Å²) in [5.74, 6) is 1.09. The Labute approximate surface area is 128 Å². The summed E-state index contributed by atoms with van der Waals surface area (Å²) in [6.07, 6.45) is 5.08. The lowest BCUT2D eigenvalue weighted by Crippen LogP contribution is -2.26. The summed E-state index contributed by atoms with van der Waals surface area (Å²) in [6, 6.07) is 8.80. The minimum absolute atomic E-state index is 0.119. The number of nitrogens with zero attached hydrogens (tertiary/aromatic N) is 2. The molecule has 0 radical (unpaired) electrons. The van der Waals surface area contributed by atoms with Gasteiger partial charge in [0.05, 0.1) is 6.04 Å². The van der Waals surface area contributed by atoms with Crippen LogP contribution in [-0.4, -0.2) is 16.6 Å². The molecule has 114 valence electrons. The smallest absolute Gasteiger partial charge is 0.130 e. The van der Waals surface area contributed by atoms with Crippen LogP contribution in [0.3, 0.4) is 0 Å². The SMILES string of the molecule is CCCn1ccnc1C(NC)c1ccccc1C(C)(C)C. The van der Waals surface area contributed by atoms with Gasteiger partial charge >= 0.3 is 0 Å². The Morgan fingerprint density at radius 2 is 1.95 bits per heavy atom. The molecule has 0 aliphatic rings. The lowest BCUT2D eigenvalue weighted by molar-refractivity contribution is 0.537. The Bertz CT molecular complexity index is 578. The van der Waals surface area contributed by atoms with E-state index in [-0.39, 0.29) is 11.5 Å². The highest BCUT2D eigenvalue weighted by atomic mass is 15.1. The Kier molecular flexibility index (Phi) is 4.84. The first kappa shape index (κ1) is 15.8. The van der Waals surface area contributed by atoms with E-state index in [0.717, 1.165) is 18.8 Å². The molecule has 1 unspecified atom stereocenters. The lowest BCUT2D eigenvalue weighted by atomic mass is 9.81. The van der Waals surface area contributed by atoms with E-state index in [0.29, 0.717) is 0 Å². The fraction of sp³-hybridized carbons (Fsp3) is 0.500. The summed E-state index contributed by atoms with van der Waals surface area (Å²) in [7, 11) is 2.01. The Morgan fingerprint density at radius 1 is 1.24 bits per heavy atom. The number of nitrogens with one attached hydrogen (secondary N) is 1. The summed E-state index contributed by atoms with van der Waals surface area (Å²) in [5, 5.41) is 3.45. The normalized spacial score (nSPS) is 13.4. The maximum atomic E-state index is 4.61. The first-order valence-corrected chi connectivity index (χ1v) is 7.76. The van der Waals surface area contributed by atoms with E-state index in [1.807, 2.05) is 13.2 Å². The molecule has 1 atom stereocenters. The quantitative estimate of drug-likeness (QED) is 0.903. The van der Waals surface area contributed by atoms with Crippen LogP contribution in [0.1, 0.15) is 57.1 Å². The third-order valence-corrected chi connectivity index (χ3v) is 3.84. The molecule has 1 N–H and O–H groups in total. The molecule has 21 heavy (non-hydrogen) atoms. The van der Waals surface area contributed by atoms with E-state index in [1.54, 1.807) is 0 Å². The van der Waals surface area contributed by atoms with Crippen molar-refractivity contribution in [2.75, 3.05) is 7.05 Å². The van der Waals surface area contributed by atoms with Crippen LogP contribution in [0.2, 0.25) is 0 Å². The molecule has 3 nitrogen and oxygen atoms in total. The highest BCUT2D eigenvalue weighted by Gasteiger charge is 2.25. The molecule has 1 aromatic heterocycles. The zero-order valence-electron chi connectivity index (χ0n) is 13.9. The van der Waals surface area contributed by atoms with Gasteiger partial charge in [0, 0.05) is 18.9 Å². The van der Waals surface area contributed by atoms with E-state index < -0.39 is 0 Å². The maximum Gasteiger partial charge on any atom is 0.130 e. The van der Waals surface area contributed by atoms with Gasteiger partial charge in [0.2, 0.25) is 0 Å². The first-order valence-electron chi connectivity index (χ1n) is 7.76. The number of aryl methyl sites for hydroxylation is 1. The molecular formula is C18H27N3. The van der Waals surface area contributed by atoms with Crippen LogP contribution in [0, 0.1) is 0 Å². The second-order valence-corrected chi connectivity index (χ2v) is 6.54. The van der Waals surface area contributed by atoms with Crippen LogP contribution >= 0.6 is 0 Å². The second kappa shape index (κ2) is 6.44. The van der Waals surface area contributed by atoms with Crippen molar-refractivity contribution in [3.05, 3.63) is 53.6 Å². The molecule has 1 aromatic carbocycles. The van der Waals surface area contributed by atoms with Gasteiger partial charge in [-0.1, -0.05) is 52.0 Å². The highest BCUT2D eigenvalue weighted by molar-refractivity contribution is 5.38. The molecule has 0 spiro atoms. The van der Waals surface area contributed by atoms with E-state index in [1.165, 1.54) is 11.1 Å². The van der Waals surface area contributed by atoms with Crippen molar-refractivity contribution in [3.63, 3.8) is 0 Å². The molecule has 2 rings (SSSR count). The third kappa shape index (κ3) is 3.35. The molecule has 3 heteroatoms. The molecule has 0 saturated heterocycles. The zero-order chi connectivity index (χ0) is 15.5. The molecule has 0 aliphatic carbocycles. The summed E-state index contributed by atoms with van der Waals surface area (Å²) in [4.78, 5) is 4.61. The third-order valence-electron chi connectivity index (χ3n) is 3.84. The number of hydrogen-bond acceptors (Lipinski definition) is 2. The Balaban J connectivity index is 2.50. The van der Waals surface area contributed by atoms with Crippen LogP contribution in [-0.2, 0) is 12.0 Å². The van der Waals surface area contributed by atoms with Gasteiger partial charge in [-0.05, 0) is 30.0 Å². The van der Waals surface area contributed by atoms with E-state index in [9.17, 15) is 0 Å². The summed E-state index contributed by atoms with van der Waals surface area (Å²) in [5.41, 5.74) is 2.81. The van der Waals surface area contributed by atoms with Crippen molar-refractivity contribution in [1.29, 1.82) is 0 Å². The molecule has 0 aliphatic heterocycles. The summed E-state index contributed by atoms with van der Waals surface area (Å²) in [6.45, 7) is 9.98. The minimum atomic E-state index is 0.119. The van der Waals surface area contributed by atoms with Crippen molar-refractivity contribution in [2.45, 2.75) is 52.1 Å². The molecule has 0 saturated carbocycles. The van der Waals surface area contributed by atoms with Crippen LogP contribution in [0.15, 0.2) is 36.7 Å². The minimum Gasteiger partial charge on any atom is -0.333 e. The standard InChI is InChI=1S/C18H27N3/c1-6-12-21-13-11-20-17(21)16(19-5)14-9-7-8-10-15(14)18(2,3)4/h7-11,13,16,19H,6,12H2,1-5H3. The van der Waals surface area contributed by atoms with Gasteiger partial charge in [-0.15, -0.1) is 0 Å². The predicted molar refractivity (Wildman–Crippen MR) is 88.6 cm³/mol. The Morgan fingerprint density at radius 3 is 2.57 bits per heavy atom. The van der Waals surface area contributed by atoms with Gasteiger partial charge in [0.25, 0.3) is 0 Å². The van der Waals surface area contributed by atoms with Gasteiger partial charge in [0.15, 0.2) is 0 Å². The largest absolute Gasteiger partial charge is 0.333 e. The van der Waals surface area contributed by atoms with Crippen molar-refractivity contribution >= 4 is 0 Å². The van der Waals surface area contributed by atoms with Crippen LogP contribution in [0.25, 0.3) is 0 Å². The number of hydrogen-bond donors (Lipinski definition) is 1. The van der Waals surface area contributed by atoms with Crippen LogP contribution in [0.4, 0.5) is 0 Å². The van der Waals surface area contributed by atoms with Gasteiger partial charge in [0.1, 0.15) is 5.82 Å². The maximum absolute atomic E-state index is 4.61. The van der Waals surface area contributed by atoms with Gasteiger partial charge < -0.3 is 9.88 Å². The van der Waals surface area contributed by atoms with Crippen LogP contribution in [0.5, 0.6) is 0 Å². The zero-order valence-corrected chi connectivity index (χ0v) is 13.9. The number of aromatic nitrogens is 2. The van der Waals surface area contributed by atoms with Crippen LogP contribution < -0.4 is 5.32 Å². The van der Waals surface area contributed by atoms with Crippen molar-refractivity contribution < 1.29 is 0 Å². The fourth-order valence-electron chi connectivity index (χ4n) is 2.87. The molecular weight excluding hydrogens is 258 g/mol. The second-order valence-electron chi connectivity index (χ2n) is 6.54. The highest BCUT2D eigenvalue weighted by Crippen LogP contribution is 2.32. The average Bonchev–Trinajstić information content (AvgIpc) is 2.88. The number of imidazole rings is 1. The van der Waals surface area contributed by atoms with Crippen molar-refractivity contribution in [3.8, 4) is 0 Å². The lowest BCUT2D eigenvalue weighted by Gasteiger charge is -2.27. The molecule has 0 amide bonds. The molecule has 0 bridgehead atoms. The van der Waals surface area contributed by atoms with Crippen molar-refractivity contribution in [1.82, 2.24) is 14.9 Å². The molecule has 0 fully saturated rings. The monoisotopic (exact) mass is 285 g/mol. The van der Waals surface area contributed by atoms with Gasteiger partial charge in [-0.2, -0.15) is 0 Å². The Hall–Kier alpha value is -1.61. The van der Waals surface area contributed by atoms with Gasteiger partial charge in [-0.25, -0.2) is 4.98 Å². The molecule has 2 aromatic rings. The van der Waals surface area contributed by atoms with Gasteiger partial charge in [-0.3, -0.25) is 0 Å². The van der Waals surface area contributed by atoms with E-state index in [2.05, 4.69) is 73.0 Å². The van der Waals surface area contributed by atoms with E-state index >= 15 is 0 Å². The summed E-state index contributed by atoms with van der Waals surface area (Å²) < 4.78 is 2.25. The predicted octanol–water partition coefficient (Wildman–Crippen LogP) is 3.90.